The van der Waals surface area contributed by atoms with Crippen LogP contribution in [0.1, 0.15) is 31.9 Å². The molecular weight excluding hydrogens is 254 g/mol. The van der Waals surface area contributed by atoms with Crippen molar-refractivity contribution in [2.45, 2.75) is 38.5 Å². The zero-order valence-corrected chi connectivity index (χ0v) is 12.6. The van der Waals surface area contributed by atoms with Gasteiger partial charge in [-0.3, -0.25) is 4.90 Å². The second kappa shape index (κ2) is 7.07. The zero-order valence-electron chi connectivity index (χ0n) is 12.6. The highest BCUT2D eigenvalue weighted by Gasteiger charge is 2.31. The molecule has 2 rings (SSSR count). The summed E-state index contributed by atoms with van der Waals surface area (Å²) in [7, 11) is 1.68. The van der Waals surface area contributed by atoms with Crippen LogP contribution in [-0.2, 0) is 4.74 Å². The molecule has 20 heavy (non-hydrogen) atoms. The van der Waals surface area contributed by atoms with Crippen molar-refractivity contribution in [2.24, 2.45) is 0 Å². The Labute approximate surface area is 121 Å². The molecule has 1 heterocycles. The van der Waals surface area contributed by atoms with Gasteiger partial charge in [-0.1, -0.05) is 12.1 Å². The molecule has 0 saturated carbocycles. The highest BCUT2D eigenvalue weighted by molar-refractivity contribution is 5.31. The van der Waals surface area contributed by atoms with Gasteiger partial charge in [0, 0.05) is 19.1 Å². The standard InChI is InChI=1S/C16H25NO3/c1-12(2)20-8-7-17-11-14(18)10-16(17)13-5-4-6-15(9-13)19-3/h4-6,9,12,14,16,18H,7-8,10-11H2,1-3H3/t14-,16-/m0/s1. The SMILES string of the molecule is COc1cccc([C@@H]2C[C@H](O)CN2CCOC(C)C)c1. The fraction of sp³-hybridized carbons (Fsp3) is 0.625. The minimum absolute atomic E-state index is 0.246. The Morgan fingerprint density at radius 3 is 2.90 bits per heavy atom. The predicted molar refractivity (Wildman–Crippen MR) is 79.0 cm³/mol. The summed E-state index contributed by atoms with van der Waals surface area (Å²) in [6.45, 7) is 6.34. The molecule has 1 aromatic rings. The average molecular weight is 279 g/mol. The Morgan fingerprint density at radius 2 is 2.20 bits per heavy atom. The van der Waals surface area contributed by atoms with Crippen LogP contribution in [-0.4, -0.2) is 49.0 Å². The van der Waals surface area contributed by atoms with E-state index in [-0.39, 0.29) is 18.2 Å². The van der Waals surface area contributed by atoms with E-state index in [0.29, 0.717) is 13.2 Å². The lowest BCUT2D eigenvalue weighted by Gasteiger charge is -2.25. The molecule has 0 aliphatic carbocycles. The monoisotopic (exact) mass is 279 g/mol. The van der Waals surface area contributed by atoms with E-state index in [0.717, 1.165) is 18.7 Å². The van der Waals surface area contributed by atoms with Crippen LogP contribution in [0, 0.1) is 0 Å². The molecule has 1 aromatic carbocycles. The van der Waals surface area contributed by atoms with E-state index in [9.17, 15) is 5.11 Å². The Morgan fingerprint density at radius 1 is 1.40 bits per heavy atom. The number of methoxy groups -OCH3 is 1. The van der Waals surface area contributed by atoms with Gasteiger partial charge in [-0.15, -0.1) is 0 Å². The second-order valence-electron chi connectivity index (χ2n) is 5.60. The molecule has 1 N–H and O–H groups in total. The van der Waals surface area contributed by atoms with Gasteiger partial charge in [0.15, 0.2) is 0 Å². The van der Waals surface area contributed by atoms with E-state index in [4.69, 9.17) is 9.47 Å². The molecule has 112 valence electrons. The predicted octanol–water partition coefficient (Wildman–Crippen LogP) is 2.23. The Hall–Kier alpha value is -1.10. The van der Waals surface area contributed by atoms with Crippen molar-refractivity contribution in [3.63, 3.8) is 0 Å². The van der Waals surface area contributed by atoms with E-state index in [2.05, 4.69) is 17.0 Å². The number of benzene rings is 1. The Kier molecular flexibility index (Phi) is 5.40. The summed E-state index contributed by atoms with van der Waals surface area (Å²) in [5.74, 6) is 0.863. The van der Waals surface area contributed by atoms with Crippen LogP contribution < -0.4 is 4.74 Å². The van der Waals surface area contributed by atoms with Crippen LogP contribution in [0.2, 0.25) is 0 Å². The van der Waals surface area contributed by atoms with Gasteiger partial charge in [0.2, 0.25) is 0 Å². The van der Waals surface area contributed by atoms with Gasteiger partial charge in [-0.2, -0.15) is 0 Å². The third-order valence-electron chi connectivity index (χ3n) is 3.69. The fourth-order valence-corrected chi connectivity index (χ4v) is 2.73. The van der Waals surface area contributed by atoms with E-state index in [1.165, 1.54) is 5.56 Å². The van der Waals surface area contributed by atoms with Gasteiger partial charge in [0.1, 0.15) is 5.75 Å². The van der Waals surface area contributed by atoms with Crippen LogP contribution in [0.4, 0.5) is 0 Å². The van der Waals surface area contributed by atoms with Crippen molar-refractivity contribution in [1.82, 2.24) is 4.90 Å². The number of nitrogens with zero attached hydrogens (tertiary/aromatic N) is 1. The lowest BCUT2D eigenvalue weighted by atomic mass is 10.0. The van der Waals surface area contributed by atoms with Crippen LogP contribution in [0.15, 0.2) is 24.3 Å². The highest BCUT2D eigenvalue weighted by atomic mass is 16.5. The van der Waals surface area contributed by atoms with E-state index in [1.807, 2.05) is 26.0 Å². The number of aliphatic hydroxyl groups excluding tert-OH is 1. The average Bonchev–Trinajstić information content (AvgIpc) is 2.79. The van der Waals surface area contributed by atoms with E-state index >= 15 is 0 Å². The van der Waals surface area contributed by atoms with Gasteiger partial charge in [0.25, 0.3) is 0 Å². The Balaban J connectivity index is 2.03. The molecule has 4 nitrogen and oxygen atoms in total. The number of hydrogen-bond donors (Lipinski definition) is 1. The van der Waals surface area contributed by atoms with Gasteiger partial charge in [-0.05, 0) is 38.0 Å². The van der Waals surface area contributed by atoms with Crippen molar-refractivity contribution >= 4 is 0 Å². The molecule has 1 fully saturated rings. The first kappa shape index (κ1) is 15.3. The molecule has 0 aromatic heterocycles. The molecule has 0 unspecified atom stereocenters. The van der Waals surface area contributed by atoms with Crippen molar-refractivity contribution in [3.05, 3.63) is 29.8 Å². The third-order valence-corrected chi connectivity index (χ3v) is 3.69. The largest absolute Gasteiger partial charge is 0.497 e. The first-order chi connectivity index (χ1) is 9.60. The summed E-state index contributed by atoms with van der Waals surface area (Å²) in [5, 5.41) is 9.95. The quantitative estimate of drug-likeness (QED) is 0.867. The molecule has 0 spiro atoms. The van der Waals surface area contributed by atoms with E-state index in [1.54, 1.807) is 7.11 Å². The van der Waals surface area contributed by atoms with Crippen LogP contribution in [0.3, 0.4) is 0 Å². The Bertz CT molecular complexity index is 422. The molecule has 1 aliphatic rings. The summed E-state index contributed by atoms with van der Waals surface area (Å²) < 4.78 is 10.9. The van der Waals surface area contributed by atoms with Crippen LogP contribution in [0.25, 0.3) is 0 Å². The summed E-state index contributed by atoms with van der Waals surface area (Å²) in [4.78, 5) is 2.29. The number of likely N-dealkylation sites (tertiary alicyclic amines) is 1. The maximum atomic E-state index is 9.95. The minimum atomic E-state index is -0.259. The first-order valence-electron chi connectivity index (χ1n) is 7.28. The smallest absolute Gasteiger partial charge is 0.119 e. The molecule has 0 radical (unpaired) electrons. The molecule has 0 bridgehead atoms. The number of hydrogen-bond acceptors (Lipinski definition) is 4. The molecule has 0 amide bonds. The number of β-amino-alcohol motifs (C(OH)–C–C–N with tert-alkyl or cyclic N) is 1. The van der Waals surface area contributed by atoms with E-state index < -0.39 is 0 Å². The molecular formula is C16H25NO3. The molecule has 2 atom stereocenters. The molecule has 1 aliphatic heterocycles. The van der Waals surface area contributed by atoms with Gasteiger partial charge in [0.05, 0.1) is 25.9 Å². The topological polar surface area (TPSA) is 41.9 Å². The normalized spacial score (nSPS) is 23.4. The number of ether oxygens (including phenoxy) is 2. The van der Waals surface area contributed by atoms with Crippen molar-refractivity contribution in [2.75, 3.05) is 26.8 Å². The minimum Gasteiger partial charge on any atom is -0.497 e. The van der Waals surface area contributed by atoms with Crippen molar-refractivity contribution in [3.8, 4) is 5.75 Å². The summed E-state index contributed by atoms with van der Waals surface area (Å²) in [6, 6.07) is 8.35. The van der Waals surface area contributed by atoms with Gasteiger partial charge >= 0.3 is 0 Å². The second-order valence-corrected chi connectivity index (χ2v) is 5.60. The summed E-state index contributed by atoms with van der Waals surface area (Å²) in [5.41, 5.74) is 1.20. The lowest BCUT2D eigenvalue weighted by Crippen LogP contribution is -2.29. The van der Waals surface area contributed by atoms with Crippen LogP contribution in [0.5, 0.6) is 5.75 Å². The summed E-state index contributed by atoms with van der Waals surface area (Å²) in [6.07, 6.45) is 0.762. The van der Waals surface area contributed by atoms with Gasteiger partial charge < -0.3 is 14.6 Å². The van der Waals surface area contributed by atoms with Crippen LogP contribution >= 0.6 is 0 Å². The fourth-order valence-electron chi connectivity index (χ4n) is 2.73. The highest BCUT2D eigenvalue weighted by Crippen LogP contribution is 2.33. The summed E-state index contributed by atoms with van der Waals surface area (Å²) >= 11 is 0. The number of rotatable bonds is 6. The van der Waals surface area contributed by atoms with Crippen molar-refractivity contribution < 1.29 is 14.6 Å². The zero-order chi connectivity index (χ0) is 14.5. The molecule has 4 heteroatoms. The number of aliphatic hydroxyl groups is 1. The third kappa shape index (κ3) is 3.95. The van der Waals surface area contributed by atoms with Gasteiger partial charge in [-0.25, -0.2) is 0 Å². The van der Waals surface area contributed by atoms with Crippen molar-refractivity contribution in [1.29, 1.82) is 0 Å². The maximum absolute atomic E-state index is 9.95. The molecule has 1 saturated heterocycles. The first-order valence-corrected chi connectivity index (χ1v) is 7.28. The maximum Gasteiger partial charge on any atom is 0.119 e. The lowest BCUT2D eigenvalue weighted by molar-refractivity contribution is 0.0542.